The minimum Gasteiger partial charge on any atom is -0.462 e. The van der Waals surface area contributed by atoms with E-state index in [1.165, 1.54) is 6.92 Å². The second-order valence-corrected chi connectivity index (χ2v) is 4.79. The average molecular weight is 343 g/mol. The van der Waals surface area contributed by atoms with E-state index in [4.69, 9.17) is 9.57 Å². The molecule has 0 bridgehead atoms. The molecule has 0 atom stereocenters. The van der Waals surface area contributed by atoms with E-state index in [2.05, 4.69) is 16.9 Å². The summed E-state index contributed by atoms with van der Waals surface area (Å²) in [6.45, 7) is 4.56. The quantitative estimate of drug-likeness (QED) is 0.468. The Hall–Kier alpha value is -2.91. The highest BCUT2D eigenvalue weighted by Gasteiger charge is 2.31. The molecule has 2 rings (SSSR count). The topological polar surface area (TPSA) is 83.3 Å². The van der Waals surface area contributed by atoms with E-state index in [0.29, 0.717) is 4.85 Å². The lowest BCUT2D eigenvalue weighted by molar-refractivity contribution is -0.148. The largest absolute Gasteiger partial charge is 0.462 e. The minimum absolute atomic E-state index is 0.114. The number of hydrogen-bond donors (Lipinski definition) is 0. The van der Waals surface area contributed by atoms with Gasteiger partial charge in [0.15, 0.2) is 0 Å². The number of aromatic nitrogens is 3. The van der Waals surface area contributed by atoms with Crippen LogP contribution in [0.15, 0.2) is 30.4 Å². The van der Waals surface area contributed by atoms with Gasteiger partial charge in [0.05, 0.1) is 12.0 Å². The Morgan fingerprint density at radius 2 is 2.04 bits per heavy atom. The number of fused-ring (bicyclic) bond motifs is 1. The third-order valence-corrected chi connectivity index (χ3v) is 2.82. The molecule has 0 fully saturated rings. The van der Waals surface area contributed by atoms with Crippen LogP contribution in [0, 0.1) is 0 Å². The van der Waals surface area contributed by atoms with Crippen LogP contribution in [0.4, 0.5) is 13.2 Å². The first-order valence-corrected chi connectivity index (χ1v) is 6.65. The highest BCUT2D eigenvalue weighted by Crippen LogP contribution is 2.30. The lowest BCUT2D eigenvalue weighted by Crippen LogP contribution is -2.23. The molecule has 0 unspecified atom stereocenters. The average Bonchev–Trinajstić information content (AvgIpc) is 2.88. The molecule has 0 saturated heterocycles. The van der Waals surface area contributed by atoms with Crippen LogP contribution in [-0.2, 0) is 20.5 Å². The summed E-state index contributed by atoms with van der Waals surface area (Å²) >= 11 is 0. The molecule has 10 heteroatoms. The molecule has 1 aromatic carbocycles. The van der Waals surface area contributed by atoms with Gasteiger partial charge in [-0.2, -0.15) is 13.2 Å². The van der Waals surface area contributed by atoms with Crippen molar-refractivity contribution < 1.29 is 32.3 Å². The van der Waals surface area contributed by atoms with Gasteiger partial charge in [0.2, 0.25) is 0 Å². The van der Waals surface area contributed by atoms with Crippen molar-refractivity contribution in [2.45, 2.75) is 19.5 Å². The van der Waals surface area contributed by atoms with Gasteiger partial charge in [-0.1, -0.05) is 11.4 Å². The number of rotatable bonds is 5. The summed E-state index contributed by atoms with van der Waals surface area (Å²) in [5.41, 5.74) is -0.739. The third kappa shape index (κ3) is 4.09. The van der Waals surface area contributed by atoms with Crippen LogP contribution >= 0.6 is 0 Å². The minimum atomic E-state index is -4.55. The van der Waals surface area contributed by atoms with Crippen molar-refractivity contribution >= 4 is 23.0 Å². The van der Waals surface area contributed by atoms with Crippen LogP contribution in [0.2, 0.25) is 0 Å². The fourth-order valence-corrected chi connectivity index (χ4v) is 1.63. The van der Waals surface area contributed by atoms with E-state index in [1.54, 1.807) is 0 Å². The standard InChI is InChI=1S/C14H12F3N3O4/c1-8(2)13(22)23-6-5-12(21)24-20-11-7-9(14(15,16)17)3-4-10(11)18-19-20/h3-4,7H,1,5-6H2,2H3. The molecule has 0 spiro atoms. The van der Waals surface area contributed by atoms with Crippen LogP contribution in [0.5, 0.6) is 0 Å². The number of hydrogen-bond acceptors (Lipinski definition) is 6. The van der Waals surface area contributed by atoms with Gasteiger partial charge in [-0.25, -0.2) is 9.59 Å². The maximum atomic E-state index is 12.7. The van der Waals surface area contributed by atoms with Crippen LogP contribution in [0.3, 0.4) is 0 Å². The van der Waals surface area contributed by atoms with E-state index >= 15 is 0 Å². The Balaban J connectivity index is 2.05. The van der Waals surface area contributed by atoms with E-state index in [9.17, 15) is 22.8 Å². The molecule has 0 aliphatic rings. The molecule has 0 amide bonds. The van der Waals surface area contributed by atoms with Crippen LogP contribution < -0.4 is 4.84 Å². The first-order chi connectivity index (χ1) is 11.2. The van der Waals surface area contributed by atoms with Gasteiger partial charge in [-0.15, -0.1) is 5.10 Å². The van der Waals surface area contributed by atoms with Crippen molar-refractivity contribution in [2.75, 3.05) is 6.61 Å². The molecule has 0 N–H and O–H groups in total. The Kier molecular flexibility index (Phi) is 4.86. The van der Waals surface area contributed by atoms with Gasteiger partial charge in [0, 0.05) is 5.57 Å². The number of alkyl halides is 3. The first-order valence-electron chi connectivity index (χ1n) is 6.65. The normalized spacial score (nSPS) is 11.3. The SMILES string of the molecule is C=C(C)C(=O)OCCC(=O)On1nnc2ccc(C(F)(F)F)cc21. The predicted octanol–water partition coefficient (Wildman–Crippen LogP) is 1.91. The lowest BCUT2D eigenvalue weighted by Gasteiger charge is -2.07. The first kappa shape index (κ1) is 17.4. The second kappa shape index (κ2) is 6.69. The summed E-state index contributed by atoms with van der Waals surface area (Å²) in [7, 11) is 0. The van der Waals surface area contributed by atoms with Gasteiger partial charge < -0.3 is 9.57 Å². The lowest BCUT2D eigenvalue weighted by atomic mass is 10.2. The molecule has 24 heavy (non-hydrogen) atoms. The number of halogens is 3. The molecule has 0 saturated carbocycles. The Bertz CT molecular complexity index is 798. The molecule has 1 heterocycles. The second-order valence-electron chi connectivity index (χ2n) is 4.79. The summed E-state index contributed by atoms with van der Waals surface area (Å²) in [6.07, 6.45) is -4.86. The van der Waals surface area contributed by atoms with Crippen LogP contribution in [-0.4, -0.2) is 33.7 Å². The summed E-state index contributed by atoms with van der Waals surface area (Å²) in [5, 5.41) is 7.06. The van der Waals surface area contributed by atoms with Crippen molar-refractivity contribution in [1.29, 1.82) is 0 Å². The van der Waals surface area contributed by atoms with E-state index < -0.39 is 23.7 Å². The number of ether oxygens (including phenoxy) is 1. The zero-order chi connectivity index (χ0) is 17.9. The summed E-state index contributed by atoms with van der Waals surface area (Å²) < 4.78 is 42.8. The van der Waals surface area contributed by atoms with E-state index in [0.717, 1.165) is 18.2 Å². The number of esters is 1. The maximum absolute atomic E-state index is 12.7. The highest BCUT2D eigenvalue weighted by molar-refractivity contribution is 5.87. The predicted molar refractivity (Wildman–Crippen MR) is 74.5 cm³/mol. The molecule has 0 aliphatic heterocycles. The number of carbonyl (C=O) groups excluding carboxylic acids is 2. The zero-order valence-electron chi connectivity index (χ0n) is 12.5. The summed E-state index contributed by atoms with van der Waals surface area (Å²) in [4.78, 5) is 28.2. The van der Waals surface area contributed by atoms with Crippen molar-refractivity contribution in [1.82, 2.24) is 15.2 Å². The van der Waals surface area contributed by atoms with Gasteiger partial charge in [-0.3, -0.25) is 0 Å². The monoisotopic (exact) mass is 343 g/mol. The summed E-state index contributed by atoms with van der Waals surface area (Å²) in [6, 6.07) is 2.73. The summed E-state index contributed by atoms with van der Waals surface area (Å²) in [5.74, 6) is -1.52. The smallest absolute Gasteiger partial charge is 0.416 e. The molecular formula is C14H12F3N3O4. The Morgan fingerprint density at radius 3 is 2.67 bits per heavy atom. The van der Waals surface area contributed by atoms with Gasteiger partial charge in [0.25, 0.3) is 0 Å². The Labute approximate surface area is 133 Å². The van der Waals surface area contributed by atoms with Gasteiger partial charge in [-0.05, 0) is 30.3 Å². The molecule has 0 aliphatic carbocycles. The molecule has 128 valence electrons. The Morgan fingerprint density at radius 1 is 1.33 bits per heavy atom. The zero-order valence-corrected chi connectivity index (χ0v) is 12.5. The van der Waals surface area contributed by atoms with Gasteiger partial charge >= 0.3 is 18.1 Å². The molecule has 1 aromatic heterocycles. The van der Waals surface area contributed by atoms with Crippen LogP contribution in [0.25, 0.3) is 11.0 Å². The number of nitrogens with zero attached hydrogens (tertiary/aromatic N) is 3. The van der Waals surface area contributed by atoms with Gasteiger partial charge in [0.1, 0.15) is 17.6 Å². The molecule has 7 nitrogen and oxygen atoms in total. The molecule has 0 radical (unpaired) electrons. The number of benzene rings is 1. The van der Waals surface area contributed by atoms with Crippen molar-refractivity contribution in [2.24, 2.45) is 0 Å². The van der Waals surface area contributed by atoms with Crippen molar-refractivity contribution in [3.63, 3.8) is 0 Å². The number of carbonyl (C=O) groups is 2. The molecular weight excluding hydrogens is 331 g/mol. The van der Waals surface area contributed by atoms with Crippen molar-refractivity contribution in [3.05, 3.63) is 35.9 Å². The highest BCUT2D eigenvalue weighted by atomic mass is 19.4. The fraction of sp³-hybridized carbons (Fsp3) is 0.286. The van der Waals surface area contributed by atoms with Crippen LogP contribution in [0.1, 0.15) is 18.9 Å². The maximum Gasteiger partial charge on any atom is 0.416 e. The van der Waals surface area contributed by atoms with E-state index in [-0.39, 0.29) is 29.6 Å². The van der Waals surface area contributed by atoms with E-state index in [1.807, 2.05) is 0 Å². The van der Waals surface area contributed by atoms with Crippen molar-refractivity contribution in [3.8, 4) is 0 Å². The molecule has 2 aromatic rings. The third-order valence-electron chi connectivity index (χ3n) is 2.82. The fourth-order valence-electron chi connectivity index (χ4n) is 1.63.